The molecule has 1 unspecified atom stereocenters. The number of carboxylic acids is 1. The van der Waals surface area contributed by atoms with Crippen molar-refractivity contribution in [3.63, 3.8) is 0 Å². The van der Waals surface area contributed by atoms with Gasteiger partial charge in [0.05, 0.1) is 0 Å². The molecule has 2 fully saturated rings. The lowest BCUT2D eigenvalue weighted by molar-refractivity contribution is -0.142. The van der Waals surface area contributed by atoms with Crippen LogP contribution in [0.15, 0.2) is 0 Å². The van der Waals surface area contributed by atoms with Gasteiger partial charge in [-0.2, -0.15) is 17.0 Å². The van der Waals surface area contributed by atoms with Crippen molar-refractivity contribution < 1.29 is 23.1 Å². The Balaban J connectivity index is 2.35. The molecule has 8 nitrogen and oxygen atoms in total. The molecule has 120 valence electrons. The van der Waals surface area contributed by atoms with Crippen LogP contribution in [0.2, 0.25) is 0 Å². The maximum Gasteiger partial charge on any atom is 0.322 e. The zero-order valence-corrected chi connectivity index (χ0v) is 13.0. The Labute approximate surface area is 124 Å². The number of carbonyl (C=O) groups excluding carboxylic acids is 1. The predicted octanol–water partition coefficient (Wildman–Crippen LogP) is -0.619. The summed E-state index contributed by atoms with van der Waals surface area (Å²) < 4.78 is 27.8. The second-order valence-corrected chi connectivity index (χ2v) is 7.66. The van der Waals surface area contributed by atoms with E-state index < -0.39 is 27.8 Å². The van der Waals surface area contributed by atoms with Gasteiger partial charge in [0.1, 0.15) is 11.6 Å². The highest BCUT2D eigenvalue weighted by Crippen LogP contribution is 2.28. The van der Waals surface area contributed by atoms with Gasteiger partial charge in [-0.3, -0.25) is 9.59 Å². The van der Waals surface area contributed by atoms with Gasteiger partial charge in [0.15, 0.2) is 0 Å². The number of aliphatic carboxylic acids is 1. The minimum absolute atomic E-state index is 0.143. The number of nitrogens with one attached hydrogen (secondary N) is 1. The van der Waals surface area contributed by atoms with Crippen LogP contribution in [0.5, 0.6) is 0 Å². The first-order valence-electron chi connectivity index (χ1n) is 7.00. The van der Waals surface area contributed by atoms with E-state index in [9.17, 15) is 23.1 Å². The lowest BCUT2D eigenvalue weighted by Crippen LogP contribution is -2.67. The number of hydrogen-bond donors (Lipinski definition) is 2. The average Bonchev–Trinajstić information content (AvgIpc) is 2.41. The first-order valence-corrected chi connectivity index (χ1v) is 8.39. The van der Waals surface area contributed by atoms with Crippen molar-refractivity contribution in [2.24, 2.45) is 0 Å². The fourth-order valence-corrected chi connectivity index (χ4v) is 4.95. The molecule has 0 saturated carbocycles. The Kier molecular flexibility index (Phi) is 4.27. The minimum Gasteiger partial charge on any atom is -0.480 e. The van der Waals surface area contributed by atoms with Crippen molar-refractivity contribution >= 4 is 22.1 Å². The van der Waals surface area contributed by atoms with Gasteiger partial charge in [0.25, 0.3) is 10.2 Å². The van der Waals surface area contributed by atoms with E-state index in [0.717, 1.165) is 8.61 Å². The summed E-state index contributed by atoms with van der Waals surface area (Å²) in [5.74, 6) is -1.52. The monoisotopic (exact) mass is 319 g/mol. The summed E-state index contributed by atoms with van der Waals surface area (Å²) in [6.07, 6.45) is 1.62. The Morgan fingerprint density at radius 3 is 2.62 bits per heavy atom. The molecule has 0 aromatic heterocycles. The number of piperazine rings is 1. The molecule has 9 heteroatoms. The van der Waals surface area contributed by atoms with E-state index in [1.54, 1.807) is 0 Å². The number of piperidine rings is 1. The van der Waals surface area contributed by atoms with E-state index in [1.165, 1.54) is 13.8 Å². The van der Waals surface area contributed by atoms with E-state index in [2.05, 4.69) is 5.32 Å². The third kappa shape index (κ3) is 2.77. The van der Waals surface area contributed by atoms with Gasteiger partial charge >= 0.3 is 5.97 Å². The van der Waals surface area contributed by atoms with E-state index >= 15 is 0 Å². The number of carbonyl (C=O) groups is 2. The van der Waals surface area contributed by atoms with Crippen LogP contribution < -0.4 is 5.32 Å². The van der Waals surface area contributed by atoms with Crippen LogP contribution in [0.4, 0.5) is 0 Å². The zero-order valence-electron chi connectivity index (χ0n) is 12.2. The fourth-order valence-electron chi connectivity index (χ4n) is 2.84. The summed E-state index contributed by atoms with van der Waals surface area (Å²) >= 11 is 0. The second kappa shape index (κ2) is 5.54. The number of amides is 1. The largest absolute Gasteiger partial charge is 0.480 e. The molecule has 0 bridgehead atoms. The molecule has 2 rings (SSSR count). The number of nitrogens with zero attached hydrogens (tertiary/aromatic N) is 2. The summed E-state index contributed by atoms with van der Waals surface area (Å²) in [6, 6.07) is -1.05. The standard InChI is InChI=1S/C12H21N3O5S/c1-12(2)11(18)13-6-8-15(12)21(19,20)14-7-4-3-5-9(14)10(16)17/h9H,3-8H2,1-2H3,(H,13,18)(H,16,17). The van der Waals surface area contributed by atoms with Gasteiger partial charge in [-0.25, -0.2) is 0 Å². The van der Waals surface area contributed by atoms with Crippen LogP contribution in [0, 0.1) is 0 Å². The fraction of sp³-hybridized carbons (Fsp3) is 0.833. The summed E-state index contributed by atoms with van der Waals surface area (Å²) in [6.45, 7) is 3.60. The zero-order chi connectivity index (χ0) is 15.8. The van der Waals surface area contributed by atoms with Gasteiger partial charge in [0, 0.05) is 19.6 Å². The summed E-state index contributed by atoms with van der Waals surface area (Å²) in [5, 5.41) is 11.9. The molecule has 2 aliphatic heterocycles. The van der Waals surface area contributed by atoms with Gasteiger partial charge < -0.3 is 10.4 Å². The Morgan fingerprint density at radius 2 is 2.00 bits per heavy atom. The van der Waals surface area contributed by atoms with Gasteiger partial charge in [-0.1, -0.05) is 0 Å². The quantitative estimate of drug-likeness (QED) is 0.721. The molecule has 0 aliphatic carbocycles. The summed E-state index contributed by atoms with van der Waals surface area (Å²) in [4.78, 5) is 23.2. The van der Waals surface area contributed by atoms with Crippen molar-refractivity contribution in [2.75, 3.05) is 19.6 Å². The maximum atomic E-state index is 12.8. The Bertz CT molecular complexity index is 545. The van der Waals surface area contributed by atoms with Crippen molar-refractivity contribution in [1.82, 2.24) is 13.9 Å². The van der Waals surface area contributed by atoms with E-state index in [0.29, 0.717) is 19.3 Å². The van der Waals surface area contributed by atoms with Crippen LogP contribution in [0.1, 0.15) is 33.1 Å². The minimum atomic E-state index is -3.99. The molecule has 2 saturated heterocycles. The van der Waals surface area contributed by atoms with Crippen LogP contribution >= 0.6 is 0 Å². The highest BCUT2D eigenvalue weighted by Gasteiger charge is 2.49. The van der Waals surface area contributed by atoms with Gasteiger partial charge in [0.2, 0.25) is 5.91 Å². The van der Waals surface area contributed by atoms with Gasteiger partial charge in [-0.15, -0.1) is 0 Å². The molecule has 21 heavy (non-hydrogen) atoms. The highest BCUT2D eigenvalue weighted by molar-refractivity contribution is 7.86. The van der Waals surface area contributed by atoms with E-state index in [1.807, 2.05) is 0 Å². The summed E-state index contributed by atoms with van der Waals surface area (Å²) in [5.41, 5.74) is -1.22. The molecule has 0 aromatic rings. The van der Waals surface area contributed by atoms with Gasteiger partial charge in [-0.05, 0) is 33.1 Å². The highest BCUT2D eigenvalue weighted by atomic mass is 32.2. The van der Waals surface area contributed by atoms with Crippen LogP contribution in [-0.4, -0.2) is 65.2 Å². The maximum absolute atomic E-state index is 12.8. The molecule has 2 heterocycles. The second-order valence-electron chi connectivity index (χ2n) is 5.86. The smallest absolute Gasteiger partial charge is 0.322 e. The summed E-state index contributed by atoms with van der Waals surface area (Å²) in [7, 11) is -3.99. The van der Waals surface area contributed by atoms with Crippen LogP contribution in [0.25, 0.3) is 0 Å². The third-order valence-corrected chi connectivity index (χ3v) is 6.32. The third-order valence-electron chi connectivity index (χ3n) is 4.09. The Hall–Kier alpha value is -1.19. The normalized spacial score (nSPS) is 28.1. The lowest BCUT2D eigenvalue weighted by atomic mass is 10.0. The number of hydrogen-bond acceptors (Lipinski definition) is 4. The molecule has 1 atom stereocenters. The number of carboxylic acid groups (broad SMARTS) is 1. The molecule has 0 spiro atoms. The number of rotatable bonds is 3. The van der Waals surface area contributed by atoms with Crippen molar-refractivity contribution in [2.45, 2.75) is 44.7 Å². The molecule has 2 N–H and O–H groups in total. The van der Waals surface area contributed by atoms with Crippen LogP contribution in [-0.2, 0) is 19.8 Å². The lowest BCUT2D eigenvalue weighted by Gasteiger charge is -2.44. The van der Waals surface area contributed by atoms with E-state index in [4.69, 9.17) is 0 Å². The topological polar surface area (TPSA) is 107 Å². The SMILES string of the molecule is CC1(C)C(=O)NCCN1S(=O)(=O)N1CCCCC1C(=O)O. The van der Waals surface area contributed by atoms with E-state index in [-0.39, 0.29) is 25.5 Å². The molecule has 0 aromatic carbocycles. The molecular formula is C12H21N3O5S. The van der Waals surface area contributed by atoms with Crippen LogP contribution in [0.3, 0.4) is 0 Å². The molecule has 1 amide bonds. The van der Waals surface area contributed by atoms with Crippen molar-refractivity contribution in [3.05, 3.63) is 0 Å². The predicted molar refractivity (Wildman–Crippen MR) is 74.7 cm³/mol. The first kappa shape index (κ1) is 16.2. The van der Waals surface area contributed by atoms with Crippen molar-refractivity contribution in [3.8, 4) is 0 Å². The molecule has 0 radical (unpaired) electrons. The first-order chi connectivity index (χ1) is 9.69. The van der Waals surface area contributed by atoms with Crippen molar-refractivity contribution in [1.29, 1.82) is 0 Å². The Morgan fingerprint density at radius 1 is 1.33 bits per heavy atom. The average molecular weight is 319 g/mol. The molecular weight excluding hydrogens is 298 g/mol. The molecule has 2 aliphatic rings.